The number of carboxylic acid groups (broad SMARTS) is 1. The van der Waals surface area contributed by atoms with Crippen LogP contribution >= 0.6 is 0 Å². The van der Waals surface area contributed by atoms with Gasteiger partial charge in [0.2, 0.25) is 0 Å². The standard InChI is InChI=1S/C16H25NO2/c1-3-4-14-5-7-15(8-6-14)9-10-17-12-13(2)11-16(18)19/h5-8,13,17H,3-4,9-12H2,1-2H3,(H,18,19). The van der Waals surface area contributed by atoms with Crippen LogP contribution in [0.25, 0.3) is 0 Å². The topological polar surface area (TPSA) is 49.3 Å². The normalized spacial score (nSPS) is 12.3. The van der Waals surface area contributed by atoms with Crippen molar-refractivity contribution in [3.05, 3.63) is 35.4 Å². The highest BCUT2D eigenvalue weighted by atomic mass is 16.4. The second kappa shape index (κ2) is 8.70. The van der Waals surface area contributed by atoms with Crippen LogP contribution < -0.4 is 5.32 Å². The molecule has 0 aromatic heterocycles. The fourth-order valence-corrected chi connectivity index (χ4v) is 2.11. The van der Waals surface area contributed by atoms with E-state index in [0.717, 1.165) is 25.9 Å². The molecular weight excluding hydrogens is 238 g/mol. The lowest BCUT2D eigenvalue weighted by Gasteiger charge is -2.10. The molecule has 0 spiro atoms. The van der Waals surface area contributed by atoms with Crippen LogP contribution in [-0.4, -0.2) is 24.2 Å². The fraction of sp³-hybridized carbons (Fsp3) is 0.562. The van der Waals surface area contributed by atoms with Crippen LogP contribution in [0.15, 0.2) is 24.3 Å². The van der Waals surface area contributed by atoms with E-state index in [2.05, 4.69) is 36.5 Å². The van der Waals surface area contributed by atoms with Crippen LogP contribution in [0.3, 0.4) is 0 Å². The molecule has 19 heavy (non-hydrogen) atoms. The maximum absolute atomic E-state index is 10.5. The molecule has 1 unspecified atom stereocenters. The van der Waals surface area contributed by atoms with Gasteiger partial charge in [0.05, 0.1) is 0 Å². The van der Waals surface area contributed by atoms with Gasteiger partial charge in [0.1, 0.15) is 0 Å². The molecule has 0 amide bonds. The van der Waals surface area contributed by atoms with Crippen molar-refractivity contribution in [1.29, 1.82) is 0 Å². The summed E-state index contributed by atoms with van der Waals surface area (Å²) < 4.78 is 0. The molecule has 2 N–H and O–H groups in total. The predicted molar refractivity (Wildman–Crippen MR) is 78.4 cm³/mol. The van der Waals surface area contributed by atoms with E-state index in [4.69, 9.17) is 5.11 Å². The summed E-state index contributed by atoms with van der Waals surface area (Å²) in [6, 6.07) is 8.78. The van der Waals surface area contributed by atoms with Crippen molar-refractivity contribution in [3.8, 4) is 0 Å². The molecule has 1 aromatic rings. The Hall–Kier alpha value is -1.35. The molecule has 1 aromatic carbocycles. The Balaban J connectivity index is 2.20. The first-order valence-corrected chi connectivity index (χ1v) is 7.12. The molecule has 0 aliphatic heterocycles. The van der Waals surface area contributed by atoms with Gasteiger partial charge in [-0.1, -0.05) is 44.5 Å². The maximum Gasteiger partial charge on any atom is 0.303 e. The number of benzene rings is 1. The summed E-state index contributed by atoms with van der Waals surface area (Å²) in [4.78, 5) is 10.5. The molecule has 0 saturated carbocycles. The van der Waals surface area contributed by atoms with Gasteiger partial charge < -0.3 is 10.4 Å². The molecular formula is C16H25NO2. The van der Waals surface area contributed by atoms with Crippen LogP contribution in [0, 0.1) is 5.92 Å². The predicted octanol–water partition coefficient (Wildman–Crippen LogP) is 2.88. The Bertz CT molecular complexity index is 373. The van der Waals surface area contributed by atoms with Gasteiger partial charge in [-0.2, -0.15) is 0 Å². The Morgan fingerprint density at radius 2 is 1.79 bits per heavy atom. The minimum Gasteiger partial charge on any atom is -0.481 e. The second-order valence-corrected chi connectivity index (χ2v) is 5.22. The Morgan fingerprint density at radius 3 is 2.32 bits per heavy atom. The van der Waals surface area contributed by atoms with Crippen molar-refractivity contribution in [2.45, 2.75) is 39.5 Å². The van der Waals surface area contributed by atoms with Crippen LogP contribution in [-0.2, 0) is 17.6 Å². The first-order valence-electron chi connectivity index (χ1n) is 7.12. The van der Waals surface area contributed by atoms with Crippen molar-refractivity contribution in [2.75, 3.05) is 13.1 Å². The van der Waals surface area contributed by atoms with E-state index in [0.29, 0.717) is 0 Å². The molecule has 0 bridgehead atoms. The maximum atomic E-state index is 10.5. The number of carboxylic acids is 1. The number of rotatable bonds is 9. The summed E-state index contributed by atoms with van der Waals surface area (Å²) in [5, 5.41) is 12.0. The first-order chi connectivity index (χ1) is 9.11. The summed E-state index contributed by atoms with van der Waals surface area (Å²) in [6.07, 6.45) is 3.55. The van der Waals surface area contributed by atoms with E-state index in [1.54, 1.807) is 0 Å². The van der Waals surface area contributed by atoms with Crippen LogP contribution in [0.2, 0.25) is 0 Å². The average molecular weight is 263 g/mol. The molecule has 106 valence electrons. The Kier molecular flexibility index (Phi) is 7.19. The Labute approximate surface area is 116 Å². The van der Waals surface area contributed by atoms with Crippen LogP contribution in [0.4, 0.5) is 0 Å². The zero-order valence-corrected chi connectivity index (χ0v) is 12.0. The third kappa shape index (κ3) is 6.97. The minimum atomic E-state index is -0.721. The second-order valence-electron chi connectivity index (χ2n) is 5.22. The van der Waals surface area contributed by atoms with Gasteiger partial charge in [-0.3, -0.25) is 4.79 Å². The van der Waals surface area contributed by atoms with Gasteiger partial charge in [0, 0.05) is 6.42 Å². The molecule has 0 fully saturated rings. The highest BCUT2D eigenvalue weighted by molar-refractivity contribution is 5.66. The lowest BCUT2D eigenvalue weighted by Crippen LogP contribution is -2.24. The van der Waals surface area contributed by atoms with Crippen molar-refractivity contribution in [2.24, 2.45) is 5.92 Å². The van der Waals surface area contributed by atoms with Gasteiger partial charge in [-0.15, -0.1) is 0 Å². The van der Waals surface area contributed by atoms with E-state index in [1.807, 2.05) is 6.92 Å². The highest BCUT2D eigenvalue weighted by Crippen LogP contribution is 2.07. The van der Waals surface area contributed by atoms with E-state index in [1.165, 1.54) is 17.5 Å². The zero-order valence-electron chi connectivity index (χ0n) is 12.0. The zero-order chi connectivity index (χ0) is 14.1. The number of hydrogen-bond donors (Lipinski definition) is 2. The third-order valence-corrected chi connectivity index (χ3v) is 3.17. The molecule has 3 heteroatoms. The van der Waals surface area contributed by atoms with E-state index >= 15 is 0 Å². The summed E-state index contributed by atoms with van der Waals surface area (Å²) in [5.74, 6) is -0.537. The molecule has 3 nitrogen and oxygen atoms in total. The monoisotopic (exact) mass is 263 g/mol. The van der Waals surface area contributed by atoms with Crippen LogP contribution in [0.1, 0.15) is 37.8 Å². The van der Waals surface area contributed by atoms with Gasteiger partial charge >= 0.3 is 5.97 Å². The average Bonchev–Trinajstić information content (AvgIpc) is 2.36. The van der Waals surface area contributed by atoms with E-state index < -0.39 is 5.97 Å². The van der Waals surface area contributed by atoms with Gasteiger partial charge in [-0.05, 0) is 43.0 Å². The lowest BCUT2D eigenvalue weighted by molar-refractivity contribution is -0.137. The van der Waals surface area contributed by atoms with Crippen LogP contribution in [0.5, 0.6) is 0 Å². The summed E-state index contributed by atoms with van der Waals surface area (Å²) in [6.45, 7) is 5.81. The largest absolute Gasteiger partial charge is 0.481 e. The number of aliphatic carboxylic acids is 1. The SMILES string of the molecule is CCCc1ccc(CCNCC(C)CC(=O)O)cc1. The summed E-state index contributed by atoms with van der Waals surface area (Å²) in [7, 11) is 0. The molecule has 0 aliphatic rings. The quantitative estimate of drug-likeness (QED) is 0.674. The van der Waals surface area contributed by atoms with Crippen molar-refractivity contribution in [3.63, 3.8) is 0 Å². The van der Waals surface area contributed by atoms with Crippen molar-refractivity contribution < 1.29 is 9.90 Å². The van der Waals surface area contributed by atoms with Gasteiger partial charge in [0.15, 0.2) is 0 Å². The van der Waals surface area contributed by atoms with E-state index in [-0.39, 0.29) is 12.3 Å². The van der Waals surface area contributed by atoms with E-state index in [9.17, 15) is 4.79 Å². The first kappa shape index (κ1) is 15.7. The summed E-state index contributed by atoms with van der Waals surface area (Å²) in [5.41, 5.74) is 2.73. The molecule has 0 aliphatic carbocycles. The molecule has 0 heterocycles. The Morgan fingerprint density at radius 1 is 1.21 bits per heavy atom. The molecule has 1 rings (SSSR count). The lowest BCUT2D eigenvalue weighted by atomic mass is 10.1. The smallest absolute Gasteiger partial charge is 0.303 e. The summed E-state index contributed by atoms with van der Waals surface area (Å²) >= 11 is 0. The van der Waals surface area contributed by atoms with Gasteiger partial charge in [0.25, 0.3) is 0 Å². The molecule has 0 saturated heterocycles. The molecule has 1 atom stereocenters. The number of carbonyl (C=O) groups is 1. The number of aryl methyl sites for hydroxylation is 1. The van der Waals surface area contributed by atoms with Gasteiger partial charge in [-0.25, -0.2) is 0 Å². The van der Waals surface area contributed by atoms with Crippen molar-refractivity contribution in [1.82, 2.24) is 5.32 Å². The molecule has 0 radical (unpaired) electrons. The highest BCUT2D eigenvalue weighted by Gasteiger charge is 2.06. The fourth-order valence-electron chi connectivity index (χ4n) is 2.11. The minimum absolute atomic E-state index is 0.185. The van der Waals surface area contributed by atoms with Crippen molar-refractivity contribution >= 4 is 5.97 Å². The third-order valence-electron chi connectivity index (χ3n) is 3.17. The number of nitrogens with one attached hydrogen (secondary N) is 1. The number of hydrogen-bond acceptors (Lipinski definition) is 2.